The minimum absolute atomic E-state index is 0.193. The fourth-order valence-corrected chi connectivity index (χ4v) is 6.08. The Hall–Kier alpha value is -1.97. The fourth-order valence-electron chi connectivity index (χ4n) is 4.18. The lowest BCUT2D eigenvalue weighted by molar-refractivity contribution is 0.0826. The molecule has 0 fully saturated rings. The monoisotopic (exact) mass is 596 g/mol. The summed E-state index contributed by atoms with van der Waals surface area (Å²) in [4.78, 5) is 0. The Morgan fingerprint density at radius 1 is 0.756 bits per heavy atom. The lowest BCUT2D eigenvalue weighted by Crippen LogP contribution is -2.34. The van der Waals surface area contributed by atoms with Gasteiger partial charge in [-0.05, 0) is 105 Å². The fraction of sp³-hybridized carbons (Fsp3) is 0.543. The minimum Gasteiger partial charge on any atom is -0.489 e. The highest BCUT2D eigenvalue weighted by Gasteiger charge is 2.34. The topological polar surface area (TPSA) is 47.9 Å². The van der Waals surface area contributed by atoms with Gasteiger partial charge in [-0.1, -0.05) is 84.0 Å². The van der Waals surface area contributed by atoms with Crippen LogP contribution in [0.3, 0.4) is 0 Å². The Kier molecular flexibility index (Phi) is 11.6. The summed E-state index contributed by atoms with van der Waals surface area (Å²) < 4.78 is 19.7. The van der Waals surface area contributed by atoms with E-state index in [0.717, 1.165) is 33.6 Å². The summed E-state index contributed by atoms with van der Waals surface area (Å²) in [5.41, 5.74) is 3.94. The highest BCUT2D eigenvalue weighted by Crippen LogP contribution is 2.40. The average molecular weight is 597 g/mol. The standard InChI is InChI=1S/C35H56O4Si2/c1-25(16-15-21-33(8,9)36)27-18-14-17-26(22-27)24-37-28-19-20-29(34(10,11)38-40-31(2,3)4)30(23-28)35(12,13)39-41-32(5,6)7/h14-23,36H,24,40-41H2,1-13H3. The molecule has 2 rings (SSSR count). The molecule has 0 aromatic heterocycles. The van der Waals surface area contributed by atoms with Crippen LogP contribution in [0.4, 0.5) is 0 Å². The van der Waals surface area contributed by atoms with Crippen LogP contribution in [0.15, 0.2) is 60.7 Å². The van der Waals surface area contributed by atoms with Crippen LogP contribution in [0.2, 0.25) is 10.1 Å². The maximum Gasteiger partial charge on any atom is 0.168 e. The molecule has 4 nitrogen and oxygen atoms in total. The van der Waals surface area contributed by atoms with Gasteiger partial charge < -0.3 is 18.7 Å². The normalized spacial score (nSPS) is 14.7. The van der Waals surface area contributed by atoms with Crippen LogP contribution in [0, 0.1) is 0 Å². The Bertz CT molecular complexity index is 1210. The van der Waals surface area contributed by atoms with Gasteiger partial charge in [-0.15, -0.1) is 0 Å². The molecule has 1 N–H and O–H groups in total. The Balaban J connectivity index is 2.36. The van der Waals surface area contributed by atoms with Crippen LogP contribution in [-0.2, 0) is 26.7 Å². The molecule has 41 heavy (non-hydrogen) atoms. The molecule has 0 saturated carbocycles. The van der Waals surface area contributed by atoms with E-state index in [1.165, 1.54) is 0 Å². The van der Waals surface area contributed by atoms with Gasteiger partial charge in [-0.25, -0.2) is 0 Å². The second-order valence-corrected chi connectivity index (χ2v) is 20.7. The summed E-state index contributed by atoms with van der Waals surface area (Å²) in [6.07, 6.45) is 5.72. The molecule has 0 spiro atoms. The van der Waals surface area contributed by atoms with Crippen LogP contribution < -0.4 is 4.74 Å². The van der Waals surface area contributed by atoms with E-state index in [1.807, 2.05) is 12.2 Å². The summed E-state index contributed by atoms with van der Waals surface area (Å²) in [5, 5.41) is 10.3. The van der Waals surface area contributed by atoms with Gasteiger partial charge >= 0.3 is 0 Å². The third-order valence-corrected chi connectivity index (χ3v) is 10.1. The van der Waals surface area contributed by atoms with Crippen molar-refractivity contribution in [3.8, 4) is 5.75 Å². The predicted molar refractivity (Wildman–Crippen MR) is 181 cm³/mol. The first-order chi connectivity index (χ1) is 18.6. The quantitative estimate of drug-likeness (QED) is 0.199. The molecule has 0 saturated heterocycles. The van der Waals surface area contributed by atoms with Gasteiger partial charge in [0.2, 0.25) is 0 Å². The van der Waals surface area contributed by atoms with Gasteiger partial charge in [-0.3, -0.25) is 0 Å². The van der Waals surface area contributed by atoms with Crippen LogP contribution in [-0.4, -0.2) is 30.2 Å². The number of rotatable bonds is 12. The molecule has 0 amide bonds. The van der Waals surface area contributed by atoms with Crippen molar-refractivity contribution < 1.29 is 18.7 Å². The third kappa shape index (κ3) is 12.4. The molecule has 0 aliphatic carbocycles. The van der Waals surface area contributed by atoms with Crippen molar-refractivity contribution in [2.75, 3.05) is 0 Å². The van der Waals surface area contributed by atoms with Crippen LogP contribution in [0.25, 0.3) is 5.57 Å². The number of aliphatic hydroxyl groups is 1. The second-order valence-electron chi connectivity index (χ2n) is 15.3. The van der Waals surface area contributed by atoms with Crippen molar-refractivity contribution >= 4 is 25.1 Å². The summed E-state index contributed by atoms with van der Waals surface area (Å²) in [7, 11) is -1.54. The van der Waals surface area contributed by atoms with Crippen LogP contribution in [0.1, 0.15) is 112 Å². The minimum atomic E-state index is -0.828. The second kappa shape index (κ2) is 13.6. The molecule has 228 valence electrons. The Morgan fingerprint density at radius 3 is 1.85 bits per heavy atom. The van der Waals surface area contributed by atoms with Crippen molar-refractivity contribution in [1.82, 2.24) is 0 Å². The number of allylic oxidation sites excluding steroid dienone is 3. The van der Waals surface area contributed by atoms with E-state index in [1.54, 1.807) is 19.9 Å². The van der Waals surface area contributed by atoms with Crippen molar-refractivity contribution in [2.45, 2.75) is 123 Å². The molecule has 0 heterocycles. The Labute approximate surface area is 255 Å². The SMILES string of the molecule is CC(=CC=CC(C)(C)O)c1cccc(COc2ccc(C(C)(C)O[SiH2]C(C)(C)C)c(C(C)(C)O[SiH2]C(C)(C)C)c2)c1. The van der Waals surface area contributed by atoms with Crippen molar-refractivity contribution in [1.29, 1.82) is 0 Å². The maximum absolute atomic E-state index is 9.94. The van der Waals surface area contributed by atoms with E-state index in [0.29, 0.717) is 6.61 Å². The summed E-state index contributed by atoms with van der Waals surface area (Å²) in [6.45, 7) is 28.3. The molecular formula is C35H56O4Si2. The summed E-state index contributed by atoms with van der Waals surface area (Å²) in [5.74, 6) is 0.826. The molecule has 0 aliphatic rings. The third-order valence-electron chi connectivity index (χ3n) is 6.66. The van der Waals surface area contributed by atoms with Gasteiger partial charge in [0.15, 0.2) is 19.5 Å². The van der Waals surface area contributed by atoms with Crippen molar-refractivity contribution in [3.63, 3.8) is 0 Å². The Morgan fingerprint density at radius 2 is 1.32 bits per heavy atom. The van der Waals surface area contributed by atoms with E-state index in [9.17, 15) is 5.11 Å². The summed E-state index contributed by atoms with van der Waals surface area (Å²) in [6, 6.07) is 14.8. The molecule has 0 unspecified atom stereocenters. The first kappa shape index (κ1) is 35.2. The molecule has 2 aromatic rings. The molecule has 2 aromatic carbocycles. The smallest absolute Gasteiger partial charge is 0.168 e. The van der Waals surface area contributed by atoms with Gasteiger partial charge in [0.1, 0.15) is 12.4 Å². The molecule has 0 bridgehead atoms. The molecule has 0 atom stereocenters. The molecule has 0 radical (unpaired) electrons. The van der Waals surface area contributed by atoms with Crippen molar-refractivity contribution in [2.24, 2.45) is 0 Å². The van der Waals surface area contributed by atoms with E-state index < -0.39 is 36.3 Å². The van der Waals surface area contributed by atoms with Crippen molar-refractivity contribution in [3.05, 3.63) is 82.9 Å². The van der Waals surface area contributed by atoms with E-state index in [2.05, 4.69) is 119 Å². The van der Waals surface area contributed by atoms with E-state index in [4.69, 9.17) is 13.6 Å². The maximum atomic E-state index is 9.94. The molecule has 6 heteroatoms. The predicted octanol–water partition coefficient (Wildman–Crippen LogP) is 8.10. The van der Waals surface area contributed by atoms with E-state index in [-0.39, 0.29) is 10.1 Å². The van der Waals surface area contributed by atoms with Crippen LogP contribution in [0.5, 0.6) is 5.75 Å². The first-order valence-corrected chi connectivity index (χ1v) is 17.4. The lowest BCUT2D eigenvalue weighted by atomic mass is 9.85. The molecular weight excluding hydrogens is 541 g/mol. The van der Waals surface area contributed by atoms with Crippen LogP contribution >= 0.6 is 0 Å². The summed E-state index contributed by atoms with van der Waals surface area (Å²) >= 11 is 0. The first-order valence-electron chi connectivity index (χ1n) is 14.8. The zero-order valence-electron chi connectivity index (χ0n) is 28.1. The van der Waals surface area contributed by atoms with E-state index >= 15 is 0 Å². The largest absolute Gasteiger partial charge is 0.489 e. The van der Waals surface area contributed by atoms with Gasteiger partial charge in [0, 0.05) is 0 Å². The average Bonchev–Trinajstić information content (AvgIpc) is 2.83. The number of hydrogen-bond donors (Lipinski definition) is 1. The van der Waals surface area contributed by atoms with Gasteiger partial charge in [0.05, 0.1) is 16.8 Å². The highest BCUT2D eigenvalue weighted by atomic mass is 28.2. The number of hydrogen-bond acceptors (Lipinski definition) is 4. The zero-order valence-corrected chi connectivity index (χ0v) is 30.9. The van der Waals surface area contributed by atoms with Gasteiger partial charge in [0.25, 0.3) is 0 Å². The lowest BCUT2D eigenvalue weighted by Gasteiger charge is -2.37. The van der Waals surface area contributed by atoms with Gasteiger partial charge in [-0.2, -0.15) is 0 Å². The number of ether oxygens (including phenoxy) is 1. The highest BCUT2D eigenvalue weighted by molar-refractivity contribution is 6.32. The number of benzene rings is 2. The zero-order chi connectivity index (χ0) is 31.3. The molecule has 0 aliphatic heterocycles.